The summed E-state index contributed by atoms with van der Waals surface area (Å²) in [5.74, 6) is -0.304. The highest BCUT2D eigenvalue weighted by molar-refractivity contribution is 8.23. The standard InChI is InChI=1S/C20H22N4O5S/c1-11(2)7-9-24-19-13(4-3-8-21-19)17(26)16(20(24)27)18-22-14-6-5-12(25)10-15(14)30(28,29)23-18/h3-6,8,10-11,25-26,28-29H,7,9H2,1-2H3,(H,22,23). The third-order valence-corrected chi connectivity index (χ3v) is 6.26. The smallest absolute Gasteiger partial charge is 0.267 e. The summed E-state index contributed by atoms with van der Waals surface area (Å²) < 4.78 is 26.4. The number of anilines is 1. The third kappa shape index (κ3) is 3.38. The number of aromatic hydroxyl groups is 2. The van der Waals surface area contributed by atoms with Crippen molar-refractivity contribution in [3.8, 4) is 11.5 Å². The van der Waals surface area contributed by atoms with Gasteiger partial charge in [-0.05, 0) is 36.6 Å². The van der Waals surface area contributed by atoms with E-state index in [9.17, 15) is 24.1 Å². The van der Waals surface area contributed by atoms with Crippen molar-refractivity contribution in [2.24, 2.45) is 10.3 Å². The molecule has 0 amide bonds. The van der Waals surface area contributed by atoms with Gasteiger partial charge in [-0.3, -0.25) is 18.5 Å². The Morgan fingerprint density at radius 2 is 1.97 bits per heavy atom. The van der Waals surface area contributed by atoms with Crippen LogP contribution in [-0.2, 0) is 6.54 Å². The minimum Gasteiger partial charge on any atom is -0.508 e. The maximum absolute atomic E-state index is 13.3. The second-order valence-corrected chi connectivity index (χ2v) is 9.16. The zero-order valence-corrected chi connectivity index (χ0v) is 17.2. The van der Waals surface area contributed by atoms with Crippen LogP contribution in [0.5, 0.6) is 11.5 Å². The maximum atomic E-state index is 13.3. The van der Waals surface area contributed by atoms with E-state index in [2.05, 4.69) is 14.7 Å². The Hall–Kier alpha value is -3.08. The molecule has 4 rings (SSSR count). The Balaban J connectivity index is 1.94. The second kappa shape index (κ2) is 7.31. The molecule has 3 heterocycles. The maximum Gasteiger partial charge on any atom is 0.267 e. The first-order valence-corrected chi connectivity index (χ1v) is 10.9. The molecule has 1 aromatic carbocycles. The van der Waals surface area contributed by atoms with E-state index in [-0.39, 0.29) is 33.5 Å². The molecule has 9 nitrogen and oxygen atoms in total. The van der Waals surface area contributed by atoms with Crippen LogP contribution in [0.25, 0.3) is 11.0 Å². The summed E-state index contributed by atoms with van der Waals surface area (Å²) in [6.07, 6.45) is 2.26. The van der Waals surface area contributed by atoms with Crippen LogP contribution in [0, 0.1) is 5.92 Å². The molecular formula is C20H22N4O5S. The number of phenols is 1. The lowest BCUT2D eigenvalue weighted by Crippen LogP contribution is -2.32. The first-order chi connectivity index (χ1) is 14.2. The number of pyridine rings is 2. The fourth-order valence-corrected chi connectivity index (χ4v) is 4.53. The average molecular weight is 430 g/mol. The van der Waals surface area contributed by atoms with Crippen molar-refractivity contribution in [1.29, 1.82) is 0 Å². The molecule has 0 fully saturated rings. The first-order valence-electron chi connectivity index (χ1n) is 9.38. The van der Waals surface area contributed by atoms with Crippen molar-refractivity contribution < 1.29 is 19.3 Å². The van der Waals surface area contributed by atoms with Gasteiger partial charge in [0.2, 0.25) is 0 Å². The number of fused-ring (bicyclic) bond motifs is 2. The fourth-order valence-electron chi connectivity index (χ4n) is 3.35. The lowest BCUT2D eigenvalue weighted by Gasteiger charge is -2.34. The Morgan fingerprint density at radius 3 is 2.70 bits per heavy atom. The lowest BCUT2D eigenvalue weighted by molar-refractivity contribution is 0.467. The van der Waals surface area contributed by atoms with Crippen molar-refractivity contribution in [2.45, 2.75) is 31.7 Å². The predicted molar refractivity (Wildman–Crippen MR) is 117 cm³/mol. The molecule has 1 aliphatic heterocycles. The van der Waals surface area contributed by atoms with Gasteiger partial charge in [0, 0.05) is 18.8 Å². The number of hydrogen-bond acceptors (Lipinski definition) is 8. The van der Waals surface area contributed by atoms with Crippen LogP contribution in [-0.4, -0.2) is 34.7 Å². The number of amidine groups is 1. The molecule has 2 aromatic heterocycles. The van der Waals surface area contributed by atoms with E-state index in [1.165, 1.54) is 22.8 Å². The summed E-state index contributed by atoms with van der Waals surface area (Å²) >= 11 is 0. The summed E-state index contributed by atoms with van der Waals surface area (Å²) in [5.41, 5.74) is -0.0877. The van der Waals surface area contributed by atoms with Crippen LogP contribution in [0.3, 0.4) is 0 Å². The predicted octanol–water partition coefficient (Wildman–Crippen LogP) is 3.75. The third-order valence-electron chi connectivity index (χ3n) is 4.89. The first kappa shape index (κ1) is 20.2. The molecule has 10 heteroatoms. The summed E-state index contributed by atoms with van der Waals surface area (Å²) in [6.45, 7) is 4.46. The largest absolute Gasteiger partial charge is 0.508 e. The summed E-state index contributed by atoms with van der Waals surface area (Å²) in [7, 11) is -3.70. The van der Waals surface area contributed by atoms with Crippen molar-refractivity contribution in [3.05, 3.63) is 52.4 Å². The van der Waals surface area contributed by atoms with Crippen LogP contribution in [0.2, 0.25) is 0 Å². The van der Waals surface area contributed by atoms with Crippen LogP contribution in [0.4, 0.5) is 5.69 Å². The van der Waals surface area contributed by atoms with Crippen LogP contribution in [0.15, 0.2) is 50.6 Å². The molecule has 0 saturated carbocycles. The zero-order chi connectivity index (χ0) is 21.6. The van der Waals surface area contributed by atoms with E-state index in [0.29, 0.717) is 29.9 Å². The van der Waals surface area contributed by atoms with Gasteiger partial charge in [0.15, 0.2) is 5.84 Å². The number of aryl methyl sites for hydroxylation is 1. The number of benzene rings is 1. The van der Waals surface area contributed by atoms with Gasteiger partial charge in [-0.2, -0.15) is 0 Å². The normalized spacial score (nSPS) is 16.1. The molecule has 0 aliphatic carbocycles. The van der Waals surface area contributed by atoms with Crippen molar-refractivity contribution in [1.82, 2.24) is 9.55 Å². The molecule has 0 unspecified atom stereocenters. The Bertz CT molecular complexity index is 1240. The Morgan fingerprint density at radius 1 is 1.20 bits per heavy atom. The van der Waals surface area contributed by atoms with Crippen LogP contribution in [0.1, 0.15) is 25.8 Å². The van der Waals surface area contributed by atoms with E-state index in [1.807, 2.05) is 13.8 Å². The van der Waals surface area contributed by atoms with Gasteiger partial charge in [-0.15, -0.1) is 4.40 Å². The van der Waals surface area contributed by atoms with Crippen LogP contribution >= 0.6 is 10.8 Å². The van der Waals surface area contributed by atoms with Gasteiger partial charge >= 0.3 is 0 Å². The Labute approximate surface area is 173 Å². The molecule has 158 valence electrons. The van der Waals surface area contributed by atoms with Crippen molar-refractivity contribution in [2.75, 3.05) is 5.32 Å². The number of nitrogens with zero attached hydrogens (tertiary/aromatic N) is 3. The van der Waals surface area contributed by atoms with Gasteiger partial charge in [-0.1, -0.05) is 24.6 Å². The summed E-state index contributed by atoms with van der Waals surface area (Å²) in [6, 6.07) is 7.30. The summed E-state index contributed by atoms with van der Waals surface area (Å²) in [4.78, 5) is 17.6. The number of aromatic nitrogens is 2. The molecule has 0 atom stereocenters. The minimum absolute atomic E-state index is 0.00771. The molecule has 0 spiro atoms. The lowest BCUT2D eigenvalue weighted by atomic mass is 10.1. The van der Waals surface area contributed by atoms with E-state index in [0.717, 1.165) is 0 Å². The average Bonchev–Trinajstić information content (AvgIpc) is 2.68. The quantitative estimate of drug-likeness (QED) is 0.397. The second-order valence-electron chi connectivity index (χ2n) is 7.50. The number of rotatable bonds is 4. The van der Waals surface area contributed by atoms with Gasteiger partial charge in [-0.25, -0.2) is 4.98 Å². The van der Waals surface area contributed by atoms with Gasteiger partial charge in [0.25, 0.3) is 5.56 Å². The molecule has 5 N–H and O–H groups in total. The number of hydrogen-bond donors (Lipinski definition) is 5. The Kier molecular flexibility index (Phi) is 4.92. The van der Waals surface area contributed by atoms with Crippen molar-refractivity contribution >= 4 is 33.3 Å². The number of nitrogens with one attached hydrogen (secondary N) is 1. The molecule has 3 aromatic rings. The monoisotopic (exact) mass is 430 g/mol. The van der Waals surface area contributed by atoms with Gasteiger partial charge < -0.3 is 15.5 Å². The van der Waals surface area contributed by atoms with Gasteiger partial charge in [0.1, 0.15) is 27.6 Å². The van der Waals surface area contributed by atoms with Crippen molar-refractivity contribution in [3.63, 3.8) is 0 Å². The molecule has 0 saturated heterocycles. The summed E-state index contributed by atoms with van der Waals surface area (Å²) in [5, 5.41) is 23.8. The minimum atomic E-state index is -3.70. The highest BCUT2D eigenvalue weighted by atomic mass is 32.3. The van der Waals surface area contributed by atoms with E-state index < -0.39 is 16.3 Å². The van der Waals surface area contributed by atoms with E-state index in [4.69, 9.17) is 0 Å². The van der Waals surface area contributed by atoms with Gasteiger partial charge in [0.05, 0.1) is 11.1 Å². The highest BCUT2D eigenvalue weighted by Gasteiger charge is 2.31. The van der Waals surface area contributed by atoms with E-state index >= 15 is 0 Å². The van der Waals surface area contributed by atoms with Crippen LogP contribution < -0.4 is 10.9 Å². The highest BCUT2D eigenvalue weighted by Crippen LogP contribution is 2.56. The molecule has 0 radical (unpaired) electrons. The fraction of sp³-hybridized carbons (Fsp3) is 0.250. The SMILES string of the molecule is CC(C)CCn1c(=O)c(C2=NS(O)(O)c3cc(O)ccc3N2)c(O)c2cccnc21. The molecule has 30 heavy (non-hydrogen) atoms. The number of phenolic OH excluding ortho intramolecular Hbond substituents is 1. The van der Waals surface area contributed by atoms with E-state index in [1.54, 1.807) is 18.3 Å². The molecular weight excluding hydrogens is 408 g/mol. The molecule has 0 bridgehead atoms. The topological polar surface area (TPSA) is 140 Å². The molecule has 1 aliphatic rings. The zero-order valence-electron chi connectivity index (χ0n) is 16.4.